The van der Waals surface area contributed by atoms with Gasteiger partial charge in [-0.15, -0.1) is 0 Å². The van der Waals surface area contributed by atoms with Crippen LogP contribution in [0.5, 0.6) is 0 Å². The van der Waals surface area contributed by atoms with Gasteiger partial charge in [0, 0.05) is 6.20 Å². The summed E-state index contributed by atoms with van der Waals surface area (Å²) in [6, 6.07) is 3.38. The number of aromatic amines is 1. The summed E-state index contributed by atoms with van der Waals surface area (Å²) in [4.78, 5) is 15.5. The number of aryl methyl sites for hydroxylation is 1. The van der Waals surface area contributed by atoms with E-state index < -0.39 is 0 Å². The quantitative estimate of drug-likeness (QED) is 0.713. The first-order chi connectivity index (χ1) is 7.11. The van der Waals surface area contributed by atoms with Crippen LogP contribution in [0.3, 0.4) is 0 Å². The standard InChI is InChI=1S/C9H9ClN4O/c1-5-7(11)9(15)14(13-5)6-3-2-4-12-8(6)10/h2-4,13H,11H2,1H3. The lowest BCUT2D eigenvalue weighted by Crippen LogP contribution is -2.17. The third-order valence-corrected chi connectivity index (χ3v) is 2.39. The number of pyridine rings is 1. The highest BCUT2D eigenvalue weighted by Gasteiger charge is 2.11. The first kappa shape index (κ1) is 9.79. The van der Waals surface area contributed by atoms with Crippen molar-refractivity contribution in [2.45, 2.75) is 6.92 Å². The third-order valence-electron chi connectivity index (χ3n) is 2.10. The van der Waals surface area contributed by atoms with Gasteiger partial charge in [0.25, 0.3) is 5.56 Å². The Bertz CT molecular complexity index is 557. The lowest BCUT2D eigenvalue weighted by Gasteiger charge is -2.01. The fraction of sp³-hybridized carbons (Fsp3) is 0.111. The zero-order valence-corrected chi connectivity index (χ0v) is 8.75. The molecular formula is C9H9ClN4O. The van der Waals surface area contributed by atoms with E-state index in [1.165, 1.54) is 4.68 Å². The predicted molar refractivity (Wildman–Crippen MR) is 58.3 cm³/mol. The van der Waals surface area contributed by atoms with Crippen molar-refractivity contribution in [3.8, 4) is 5.69 Å². The van der Waals surface area contributed by atoms with Gasteiger partial charge < -0.3 is 5.73 Å². The molecule has 2 aromatic heterocycles. The summed E-state index contributed by atoms with van der Waals surface area (Å²) < 4.78 is 1.28. The van der Waals surface area contributed by atoms with E-state index in [0.29, 0.717) is 11.4 Å². The molecule has 2 aromatic rings. The van der Waals surface area contributed by atoms with E-state index in [1.807, 2.05) is 0 Å². The van der Waals surface area contributed by atoms with Crippen LogP contribution >= 0.6 is 11.6 Å². The molecule has 0 aliphatic rings. The van der Waals surface area contributed by atoms with Crippen molar-refractivity contribution >= 4 is 17.3 Å². The Morgan fingerprint density at radius 3 is 2.87 bits per heavy atom. The van der Waals surface area contributed by atoms with Crippen LogP contribution in [0.2, 0.25) is 5.15 Å². The van der Waals surface area contributed by atoms with Crippen LogP contribution < -0.4 is 11.3 Å². The summed E-state index contributed by atoms with van der Waals surface area (Å²) >= 11 is 5.86. The van der Waals surface area contributed by atoms with Gasteiger partial charge in [-0.05, 0) is 19.1 Å². The molecule has 0 aliphatic heterocycles. The largest absolute Gasteiger partial charge is 0.393 e. The molecule has 0 saturated carbocycles. The molecule has 78 valence electrons. The summed E-state index contributed by atoms with van der Waals surface area (Å²) in [6.07, 6.45) is 1.55. The van der Waals surface area contributed by atoms with Gasteiger partial charge in [0.15, 0.2) is 5.15 Å². The first-order valence-electron chi connectivity index (χ1n) is 4.29. The van der Waals surface area contributed by atoms with Crippen molar-refractivity contribution in [2.24, 2.45) is 0 Å². The minimum Gasteiger partial charge on any atom is -0.393 e. The van der Waals surface area contributed by atoms with Gasteiger partial charge in [-0.2, -0.15) is 0 Å². The maximum absolute atomic E-state index is 11.7. The molecule has 0 bridgehead atoms. The van der Waals surface area contributed by atoms with Crippen LogP contribution in [-0.4, -0.2) is 14.8 Å². The van der Waals surface area contributed by atoms with Gasteiger partial charge in [-0.25, -0.2) is 9.67 Å². The Labute approximate surface area is 90.5 Å². The number of aromatic nitrogens is 3. The minimum atomic E-state index is -0.317. The predicted octanol–water partition coefficient (Wildman–Crippen LogP) is 1.10. The maximum atomic E-state index is 11.7. The topological polar surface area (TPSA) is 76.7 Å². The van der Waals surface area contributed by atoms with E-state index in [9.17, 15) is 4.79 Å². The van der Waals surface area contributed by atoms with E-state index >= 15 is 0 Å². The normalized spacial score (nSPS) is 10.5. The Hall–Kier alpha value is -1.75. The molecule has 0 amide bonds. The van der Waals surface area contributed by atoms with Gasteiger partial charge >= 0.3 is 0 Å². The molecule has 0 saturated heterocycles. The van der Waals surface area contributed by atoms with Crippen molar-refractivity contribution in [2.75, 3.05) is 5.73 Å². The number of hydrogen-bond donors (Lipinski definition) is 2. The van der Waals surface area contributed by atoms with Crippen LogP contribution in [0.1, 0.15) is 5.69 Å². The highest BCUT2D eigenvalue weighted by molar-refractivity contribution is 6.31. The number of hydrogen-bond acceptors (Lipinski definition) is 3. The van der Waals surface area contributed by atoms with Crippen molar-refractivity contribution in [3.63, 3.8) is 0 Å². The van der Waals surface area contributed by atoms with Crippen LogP contribution in [0.15, 0.2) is 23.1 Å². The average Bonchev–Trinajstić information content (AvgIpc) is 2.47. The average molecular weight is 225 g/mol. The van der Waals surface area contributed by atoms with Crippen molar-refractivity contribution in [1.29, 1.82) is 0 Å². The summed E-state index contributed by atoms with van der Waals surface area (Å²) in [5, 5.41) is 3.08. The number of nitrogens with two attached hydrogens (primary N) is 1. The van der Waals surface area contributed by atoms with Gasteiger partial charge in [-0.1, -0.05) is 11.6 Å². The van der Waals surface area contributed by atoms with E-state index in [1.54, 1.807) is 25.3 Å². The smallest absolute Gasteiger partial charge is 0.294 e. The second-order valence-electron chi connectivity index (χ2n) is 3.10. The summed E-state index contributed by atoms with van der Waals surface area (Å²) in [5.74, 6) is 0. The number of nitrogen functional groups attached to an aromatic ring is 1. The Kier molecular flexibility index (Phi) is 2.24. The van der Waals surface area contributed by atoms with Crippen LogP contribution in [-0.2, 0) is 0 Å². The number of nitrogens with one attached hydrogen (secondary N) is 1. The molecule has 0 unspecified atom stereocenters. The number of H-pyrrole nitrogens is 1. The van der Waals surface area contributed by atoms with Gasteiger partial charge in [0.05, 0.1) is 5.69 Å². The molecular weight excluding hydrogens is 216 g/mol. The zero-order valence-electron chi connectivity index (χ0n) is 7.99. The summed E-state index contributed by atoms with van der Waals surface area (Å²) in [5.41, 5.74) is 6.54. The van der Waals surface area contributed by atoms with E-state index in [0.717, 1.165) is 0 Å². The molecule has 2 rings (SSSR count). The van der Waals surface area contributed by atoms with Crippen molar-refractivity contribution in [1.82, 2.24) is 14.8 Å². The van der Waals surface area contributed by atoms with Gasteiger partial charge in [0.1, 0.15) is 11.4 Å². The fourth-order valence-corrected chi connectivity index (χ4v) is 1.48. The van der Waals surface area contributed by atoms with Crippen LogP contribution in [0.4, 0.5) is 5.69 Å². The molecule has 0 spiro atoms. The number of rotatable bonds is 1. The molecule has 0 aliphatic carbocycles. The molecule has 5 nitrogen and oxygen atoms in total. The minimum absolute atomic E-state index is 0.190. The second kappa shape index (κ2) is 3.43. The molecule has 0 aromatic carbocycles. The first-order valence-corrected chi connectivity index (χ1v) is 4.67. The Balaban J connectivity index is 2.70. The van der Waals surface area contributed by atoms with Gasteiger partial charge in [-0.3, -0.25) is 9.89 Å². The van der Waals surface area contributed by atoms with E-state index in [-0.39, 0.29) is 16.4 Å². The second-order valence-corrected chi connectivity index (χ2v) is 3.46. The highest BCUT2D eigenvalue weighted by Crippen LogP contribution is 2.15. The monoisotopic (exact) mass is 224 g/mol. The Morgan fingerprint density at radius 1 is 1.60 bits per heavy atom. The maximum Gasteiger partial charge on any atom is 0.294 e. The molecule has 0 fully saturated rings. The lowest BCUT2D eigenvalue weighted by atomic mass is 10.4. The van der Waals surface area contributed by atoms with E-state index in [2.05, 4.69) is 10.1 Å². The fourth-order valence-electron chi connectivity index (χ4n) is 1.27. The molecule has 15 heavy (non-hydrogen) atoms. The third kappa shape index (κ3) is 1.50. The number of nitrogens with zero attached hydrogens (tertiary/aromatic N) is 2. The lowest BCUT2D eigenvalue weighted by molar-refractivity contribution is 0.830. The van der Waals surface area contributed by atoms with Crippen LogP contribution in [0.25, 0.3) is 5.69 Å². The number of anilines is 1. The molecule has 3 N–H and O–H groups in total. The van der Waals surface area contributed by atoms with E-state index in [4.69, 9.17) is 17.3 Å². The molecule has 6 heteroatoms. The van der Waals surface area contributed by atoms with Crippen LogP contribution in [0, 0.1) is 6.92 Å². The molecule has 0 atom stereocenters. The molecule has 0 radical (unpaired) electrons. The van der Waals surface area contributed by atoms with Crippen molar-refractivity contribution < 1.29 is 0 Å². The van der Waals surface area contributed by atoms with Gasteiger partial charge in [0.2, 0.25) is 0 Å². The van der Waals surface area contributed by atoms with Crippen molar-refractivity contribution in [3.05, 3.63) is 39.5 Å². The zero-order chi connectivity index (χ0) is 11.0. The summed E-state index contributed by atoms with van der Waals surface area (Å²) in [7, 11) is 0. The summed E-state index contributed by atoms with van der Waals surface area (Å²) in [6.45, 7) is 1.72. The number of halogens is 1. The SMILES string of the molecule is Cc1[nH]n(-c2cccnc2Cl)c(=O)c1N. The Morgan fingerprint density at radius 2 is 2.33 bits per heavy atom. The molecule has 2 heterocycles. The highest BCUT2D eigenvalue weighted by atomic mass is 35.5.